The van der Waals surface area contributed by atoms with Crippen LogP contribution in [0.1, 0.15) is 32.7 Å². The second-order valence-electron chi connectivity index (χ2n) is 7.74. The van der Waals surface area contributed by atoms with Crippen LogP contribution in [0.5, 0.6) is 11.5 Å². The van der Waals surface area contributed by atoms with Crippen molar-refractivity contribution < 1.29 is 11.0 Å². The van der Waals surface area contributed by atoms with Crippen molar-refractivity contribution in [1.82, 2.24) is 19.9 Å². The molecule has 162 valence electrons. The average molecular weight is 421 g/mol. The lowest BCUT2D eigenvalue weighted by Gasteiger charge is -2.20. The van der Waals surface area contributed by atoms with E-state index in [1.165, 1.54) is 0 Å². The van der Waals surface area contributed by atoms with E-state index < -0.39 is 0 Å². The lowest BCUT2D eigenvalue weighted by molar-refractivity contribution is 0.229. The van der Waals surface area contributed by atoms with Gasteiger partial charge in [0.05, 0.1) is 12.1 Å². The van der Waals surface area contributed by atoms with Crippen LogP contribution in [0.2, 0.25) is 0 Å². The molecule has 8 heteroatoms. The van der Waals surface area contributed by atoms with Crippen LogP contribution >= 0.6 is 0 Å². The fraction of sp³-hybridized carbons (Fsp3) is 0.304. The number of urea groups is 1. The van der Waals surface area contributed by atoms with Crippen molar-refractivity contribution in [2.75, 3.05) is 23.8 Å². The van der Waals surface area contributed by atoms with Crippen LogP contribution in [0.25, 0.3) is 0 Å². The number of likely N-dealkylation sites (N-methyl/N-ethyl adjacent to an activating group) is 1. The number of benzene rings is 2. The number of aryl methyl sites for hydroxylation is 1. The van der Waals surface area contributed by atoms with Crippen LogP contribution in [0.4, 0.5) is 16.7 Å². The van der Waals surface area contributed by atoms with Crippen LogP contribution in [-0.4, -0.2) is 45.5 Å². The minimum absolute atomic E-state index is 0. The highest BCUT2D eigenvalue weighted by Gasteiger charge is 2.35. The van der Waals surface area contributed by atoms with Crippen LogP contribution in [0.15, 0.2) is 54.6 Å². The lowest BCUT2D eigenvalue weighted by Crippen LogP contribution is -2.34. The van der Waals surface area contributed by atoms with Gasteiger partial charge in [0.15, 0.2) is 0 Å². The molecule has 3 aromatic rings. The zero-order valence-corrected chi connectivity index (χ0v) is 18.1. The number of ether oxygens (including phenoxy) is 1. The first kappa shape index (κ1) is 20.6. The van der Waals surface area contributed by atoms with Crippen LogP contribution in [0.3, 0.4) is 0 Å². The number of carbonyl (C=O) groups is 1. The smallest absolute Gasteiger partial charge is 0.327 e. The summed E-state index contributed by atoms with van der Waals surface area (Å²) in [5, 5.41) is 3.32. The monoisotopic (exact) mass is 420 g/mol. The molecule has 1 aliphatic rings. The predicted octanol–water partition coefficient (Wildman–Crippen LogP) is 4.65. The molecule has 0 radical (unpaired) electrons. The Balaban J connectivity index is 0.00000289. The van der Waals surface area contributed by atoms with Gasteiger partial charge in [0.2, 0.25) is 11.9 Å². The number of para-hydroxylation sites is 1. The number of nitrogens with zero attached hydrogens (tertiary/aromatic N) is 5. The van der Waals surface area contributed by atoms with Crippen molar-refractivity contribution in [2.45, 2.75) is 32.9 Å². The molecule has 1 aromatic heterocycles. The molecule has 1 aliphatic heterocycles. The SMILES string of the molecule is Cc1nc(N[C@@H](C)c2ccc(Oc3ccccc3)cc2)nc(N2C(=O)N(C)C[C@@H]2C)n1.[HH]. The van der Waals surface area contributed by atoms with Gasteiger partial charge in [-0.25, -0.2) is 4.79 Å². The quantitative estimate of drug-likeness (QED) is 0.625. The minimum atomic E-state index is -0.105. The highest BCUT2D eigenvalue weighted by Crippen LogP contribution is 2.26. The van der Waals surface area contributed by atoms with Crippen molar-refractivity contribution >= 4 is 17.9 Å². The molecule has 2 atom stereocenters. The Kier molecular flexibility index (Phi) is 5.70. The van der Waals surface area contributed by atoms with Crippen LogP contribution < -0.4 is 15.0 Å². The standard InChI is InChI=1S/C23H26N6O2.H2/c1-15-14-28(4)23(30)29(15)22-26-17(3)25-21(27-22)24-16(2)18-10-12-20(13-11-18)31-19-8-6-5-7-9-19;/h5-13,15-16H,14H2,1-4H3,(H,24,25,26,27);1H/t15-,16-;/m0./s1. The van der Waals surface area contributed by atoms with E-state index >= 15 is 0 Å². The molecule has 1 fully saturated rings. The number of carbonyl (C=O) groups excluding carboxylic acids is 1. The summed E-state index contributed by atoms with van der Waals surface area (Å²) in [6, 6.07) is 17.4. The van der Waals surface area contributed by atoms with Crippen molar-refractivity contribution in [3.8, 4) is 11.5 Å². The predicted molar refractivity (Wildman–Crippen MR) is 122 cm³/mol. The molecule has 2 aromatic carbocycles. The van der Waals surface area contributed by atoms with E-state index in [0.717, 1.165) is 17.1 Å². The van der Waals surface area contributed by atoms with Gasteiger partial charge >= 0.3 is 6.03 Å². The zero-order chi connectivity index (χ0) is 22.0. The lowest BCUT2D eigenvalue weighted by atomic mass is 10.1. The van der Waals surface area contributed by atoms with Gasteiger partial charge in [-0.1, -0.05) is 30.3 Å². The Morgan fingerprint density at radius 1 is 1.06 bits per heavy atom. The number of hydrogen-bond donors (Lipinski definition) is 1. The number of nitrogens with one attached hydrogen (secondary N) is 1. The van der Waals surface area contributed by atoms with Gasteiger partial charge in [-0.2, -0.15) is 15.0 Å². The summed E-state index contributed by atoms with van der Waals surface area (Å²) in [4.78, 5) is 29.0. The normalized spacial score (nSPS) is 17.0. The molecule has 0 saturated carbocycles. The van der Waals surface area contributed by atoms with Crippen LogP contribution in [0, 0.1) is 6.92 Å². The number of amides is 2. The van der Waals surface area contributed by atoms with Gasteiger partial charge in [0, 0.05) is 15.0 Å². The molecule has 0 aliphatic carbocycles. The van der Waals surface area contributed by atoms with Crippen molar-refractivity contribution in [1.29, 1.82) is 0 Å². The number of hydrogen-bond acceptors (Lipinski definition) is 6. The van der Waals surface area contributed by atoms with E-state index in [9.17, 15) is 4.79 Å². The van der Waals surface area contributed by atoms with Gasteiger partial charge in [-0.15, -0.1) is 0 Å². The summed E-state index contributed by atoms with van der Waals surface area (Å²) >= 11 is 0. The summed E-state index contributed by atoms with van der Waals surface area (Å²) in [5.41, 5.74) is 1.06. The molecular formula is C23H28N6O2. The fourth-order valence-electron chi connectivity index (χ4n) is 3.58. The second kappa shape index (κ2) is 8.59. The maximum absolute atomic E-state index is 12.5. The highest BCUT2D eigenvalue weighted by molar-refractivity contribution is 5.93. The Hall–Kier alpha value is -3.68. The van der Waals surface area contributed by atoms with Crippen molar-refractivity contribution in [2.24, 2.45) is 0 Å². The second-order valence-corrected chi connectivity index (χ2v) is 7.74. The first-order valence-electron chi connectivity index (χ1n) is 10.3. The Bertz CT molecular complexity index is 1060. The van der Waals surface area contributed by atoms with Crippen molar-refractivity contribution in [3.05, 3.63) is 66.0 Å². The number of rotatable bonds is 6. The molecule has 1 N–H and O–H groups in total. The fourth-order valence-corrected chi connectivity index (χ4v) is 3.58. The summed E-state index contributed by atoms with van der Waals surface area (Å²) < 4.78 is 5.85. The number of anilines is 2. The van der Waals surface area contributed by atoms with Crippen molar-refractivity contribution in [3.63, 3.8) is 0 Å². The third kappa shape index (κ3) is 4.58. The zero-order valence-electron chi connectivity index (χ0n) is 18.1. The molecule has 4 rings (SSSR count). The maximum atomic E-state index is 12.5. The van der Waals surface area contributed by atoms with Gasteiger partial charge < -0.3 is 15.0 Å². The number of aromatic nitrogens is 3. The van der Waals surface area contributed by atoms with E-state index in [1.807, 2.05) is 68.4 Å². The van der Waals surface area contributed by atoms with Gasteiger partial charge in [-0.05, 0) is 50.6 Å². The molecule has 0 unspecified atom stereocenters. The van der Waals surface area contributed by atoms with E-state index in [2.05, 4.69) is 20.3 Å². The minimum Gasteiger partial charge on any atom is -0.457 e. The summed E-state index contributed by atoms with van der Waals surface area (Å²) in [7, 11) is 1.78. The van der Waals surface area contributed by atoms with Gasteiger partial charge in [0.25, 0.3) is 0 Å². The molecule has 2 amide bonds. The summed E-state index contributed by atoms with van der Waals surface area (Å²) in [6.07, 6.45) is 0. The Morgan fingerprint density at radius 2 is 1.74 bits per heavy atom. The molecule has 8 nitrogen and oxygen atoms in total. The average Bonchev–Trinajstić information content (AvgIpc) is 3.00. The first-order valence-corrected chi connectivity index (χ1v) is 10.3. The summed E-state index contributed by atoms with van der Waals surface area (Å²) in [5.74, 6) is 2.93. The Labute approximate surface area is 183 Å². The van der Waals surface area contributed by atoms with E-state index in [1.54, 1.807) is 23.8 Å². The van der Waals surface area contributed by atoms with Crippen LogP contribution in [-0.2, 0) is 0 Å². The third-order valence-electron chi connectivity index (χ3n) is 5.17. The molecule has 31 heavy (non-hydrogen) atoms. The van der Waals surface area contributed by atoms with E-state index in [0.29, 0.717) is 24.3 Å². The third-order valence-corrected chi connectivity index (χ3v) is 5.17. The largest absolute Gasteiger partial charge is 0.457 e. The molecule has 2 heterocycles. The van der Waals surface area contributed by atoms with Gasteiger partial charge in [0.1, 0.15) is 17.3 Å². The molecular weight excluding hydrogens is 392 g/mol. The first-order chi connectivity index (χ1) is 14.9. The molecule has 0 bridgehead atoms. The van der Waals surface area contributed by atoms with E-state index in [-0.39, 0.29) is 19.5 Å². The molecule has 1 saturated heterocycles. The summed E-state index contributed by atoms with van der Waals surface area (Å²) in [6.45, 7) is 6.45. The highest BCUT2D eigenvalue weighted by atomic mass is 16.5. The van der Waals surface area contributed by atoms with Gasteiger partial charge in [-0.3, -0.25) is 4.90 Å². The molecule has 0 spiro atoms. The maximum Gasteiger partial charge on any atom is 0.327 e. The topological polar surface area (TPSA) is 83.5 Å². The van der Waals surface area contributed by atoms with E-state index in [4.69, 9.17) is 4.74 Å². The Morgan fingerprint density at radius 3 is 2.39 bits per heavy atom.